The van der Waals surface area contributed by atoms with Crippen molar-refractivity contribution in [2.75, 3.05) is 27.9 Å². The van der Waals surface area contributed by atoms with Crippen molar-refractivity contribution in [2.24, 2.45) is 5.10 Å². The van der Waals surface area contributed by atoms with Crippen molar-refractivity contribution >= 4 is 5.71 Å². The highest BCUT2D eigenvalue weighted by Crippen LogP contribution is 2.52. The second kappa shape index (κ2) is 9.13. The maximum Gasteiger partial charge on any atom is 0.214 e. The molecule has 176 valence electrons. The molecule has 1 aromatic heterocycles. The van der Waals surface area contributed by atoms with Gasteiger partial charge in [0.1, 0.15) is 0 Å². The molecule has 8 nitrogen and oxygen atoms in total. The molecule has 3 heterocycles. The zero-order chi connectivity index (χ0) is 23.7. The fraction of sp³-hybridized carbons (Fsp3) is 0.308. The quantitative estimate of drug-likeness (QED) is 0.503. The standard InChI is InChI=1S/C26H27N3O5/c1-5-33-21-10-6-9-18-20-14-19(16-8-7-11-27-15-16)28-29(20)26(34-24(18)21)17-12-22(30-2)25(32-4)23(13-17)31-3/h6-13,15,20,26H,5,14H2,1-4H3. The van der Waals surface area contributed by atoms with Crippen molar-refractivity contribution in [3.8, 4) is 28.7 Å². The molecule has 0 saturated heterocycles. The zero-order valence-corrected chi connectivity index (χ0v) is 19.6. The minimum atomic E-state index is -0.526. The van der Waals surface area contributed by atoms with Crippen LogP contribution in [0.1, 0.15) is 42.3 Å². The molecule has 0 bridgehead atoms. The Morgan fingerprint density at radius 3 is 2.44 bits per heavy atom. The molecule has 5 rings (SSSR count). The van der Waals surface area contributed by atoms with Gasteiger partial charge in [-0.1, -0.05) is 18.2 Å². The summed E-state index contributed by atoms with van der Waals surface area (Å²) in [6, 6.07) is 13.7. The van der Waals surface area contributed by atoms with Crippen molar-refractivity contribution in [2.45, 2.75) is 25.6 Å². The number of fused-ring (bicyclic) bond motifs is 3. The molecule has 0 N–H and O–H groups in total. The number of pyridine rings is 1. The average molecular weight is 462 g/mol. The number of hydrogen-bond donors (Lipinski definition) is 0. The summed E-state index contributed by atoms with van der Waals surface area (Å²) in [5.74, 6) is 3.07. The predicted octanol–water partition coefficient (Wildman–Crippen LogP) is 4.75. The molecule has 0 aliphatic carbocycles. The van der Waals surface area contributed by atoms with Gasteiger partial charge in [-0.2, -0.15) is 5.10 Å². The molecule has 0 saturated carbocycles. The summed E-state index contributed by atoms with van der Waals surface area (Å²) < 4.78 is 29.2. The number of ether oxygens (including phenoxy) is 5. The third kappa shape index (κ3) is 3.65. The molecule has 2 aliphatic rings. The van der Waals surface area contributed by atoms with E-state index in [1.54, 1.807) is 27.5 Å². The number of para-hydroxylation sites is 1. The van der Waals surface area contributed by atoms with Crippen molar-refractivity contribution < 1.29 is 23.7 Å². The Hall–Kier alpha value is -3.94. The average Bonchev–Trinajstić information content (AvgIpc) is 3.34. The first-order valence-electron chi connectivity index (χ1n) is 11.2. The van der Waals surface area contributed by atoms with Gasteiger partial charge in [-0.15, -0.1) is 0 Å². The highest BCUT2D eigenvalue weighted by molar-refractivity contribution is 6.01. The summed E-state index contributed by atoms with van der Waals surface area (Å²) in [5.41, 5.74) is 3.81. The number of benzene rings is 2. The maximum atomic E-state index is 6.60. The first kappa shape index (κ1) is 21.9. The van der Waals surface area contributed by atoms with E-state index < -0.39 is 6.23 Å². The molecule has 8 heteroatoms. The Morgan fingerprint density at radius 1 is 1.00 bits per heavy atom. The monoisotopic (exact) mass is 461 g/mol. The minimum absolute atomic E-state index is 0.0246. The van der Waals surface area contributed by atoms with E-state index in [0.29, 0.717) is 29.6 Å². The van der Waals surface area contributed by atoms with Gasteiger partial charge < -0.3 is 23.7 Å². The van der Waals surface area contributed by atoms with E-state index in [1.165, 1.54) is 0 Å². The Kier molecular flexibility index (Phi) is 5.88. The van der Waals surface area contributed by atoms with E-state index in [1.807, 2.05) is 54.5 Å². The third-order valence-electron chi connectivity index (χ3n) is 6.05. The minimum Gasteiger partial charge on any atom is -0.493 e. The van der Waals surface area contributed by atoms with Crippen molar-refractivity contribution in [1.29, 1.82) is 0 Å². The Balaban J connectivity index is 1.65. The van der Waals surface area contributed by atoms with Crippen LogP contribution in [-0.4, -0.2) is 43.6 Å². The number of methoxy groups -OCH3 is 3. The summed E-state index contributed by atoms with van der Waals surface area (Å²) in [5, 5.41) is 7.00. The van der Waals surface area contributed by atoms with Crippen molar-refractivity contribution in [3.05, 3.63) is 71.5 Å². The lowest BCUT2D eigenvalue weighted by Gasteiger charge is -2.39. The molecule has 0 radical (unpaired) electrons. The summed E-state index contributed by atoms with van der Waals surface area (Å²) >= 11 is 0. The zero-order valence-electron chi connectivity index (χ0n) is 19.6. The highest BCUT2D eigenvalue weighted by atomic mass is 16.5. The highest BCUT2D eigenvalue weighted by Gasteiger charge is 2.42. The Bertz CT molecular complexity index is 1190. The number of rotatable bonds is 7. The molecule has 0 fully saturated rings. The van der Waals surface area contributed by atoms with Gasteiger partial charge >= 0.3 is 0 Å². The Morgan fingerprint density at radius 2 is 1.79 bits per heavy atom. The lowest BCUT2D eigenvalue weighted by Crippen LogP contribution is -2.34. The van der Waals surface area contributed by atoms with Crippen LogP contribution in [0.3, 0.4) is 0 Å². The van der Waals surface area contributed by atoms with Crippen LogP contribution in [0.25, 0.3) is 0 Å². The molecule has 0 amide bonds. The van der Waals surface area contributed by atoms with E-state index in [9.17, 15) is 0 Å². The molecule has 2 aliphatic heterocycles. The summed E-state index contributed by atoms with van der Waals surface area (Å²) in [4.78, 5) is 4.27. The van der Waals surface area contributed by atoms with Crippen LogP contribution in [0, 0.1) is 0 Å². The van der Waals surface area contributed by atoms with E-state index in [2.05, 4.69) is 11.1 Å². The second-order valence-electron chi connectivity index (χ2n) is 7.92. The molecule has 34 heavy (non-hydrogen) atoms. The van der Waals surface area contributed by atoms with Gasteiger partial charge in [-0.25, -0.2) is 5.01 Å². The number of aromatic nitrogens is 1. The number of hydrazone groups is 1. The van der Waals surface area contributed by atoms with Gasteiger partial charge in [0.2, 0.25) is 12.0 Å². The largest absolute Gasteiger partial charge is 0.493 e. The molecule has 2 unspecified atom stereocenters. The molecular weight excluding hydrogens is 434 g/mol. The fourth-order valence-electron chi connectivity index (χ4n) is 4.52. The van der Waals surface area contributed by atoms with Crippen LogP contribution >= 0.6 is 0 Å². The van der Waals surface area contributed by atoms with Crippen LogP contribution in [0.4, 0.5) is 0 Å². The lowest BCUT2D eigenvalue weighted by atomic mass is 9.96. The van der Waals surface area contributed by atoms with Gasteiger partial charge in [0, 0.05) is 35.5 Å². The topological polar surface area (TPSA) is 74.6 Å². The van der Waals surface area contributed by atoms with Gasteiger partial charge in [0.15, 0.2) is 23.0 Å². The summed E-state index contributed by atoms with van der Waals surface area (Å²) in [7, 11) is 4.79. The van der Waals surface area contributed by atoms with Crippen LogP contribution in [0.15, 0.2) is 60.0 Å². The van der Waals surface area contributed by atoms with E-state index in [4.69, 9.17) is 28.8 Å². The van der Waals surface area contributed by atoms with Crippen LogP contribution in [0.5, 0.6) is 28.7 Å². The van der Waals surface area contributed by atoms with E-state index in [0.717, 1.165) is 34.6 Å². The smallest absolute Gasteiger partial charge is 0.214 e. The van der Waals surface area contributed by atoms with Crippen LogP contribution in [0.2, 0.25) is 0 Å². The first-order valence-corrected chi connectivity index (χ1v) is 11.2. The third-order valence-corrected chi connectivity index (χ3v) is 6.05. The van der Waals surface area contributed by atoms with Crippen LogP contribution in [-0.2, 0) is 0 Å². The second-order valence-corrected chi connectivity index (χ2v) is 7.92. The van der Waals surface area contributed by atoms with Gasteiger partial charge in [-0.3, -0.25) is 4.98 Å². The number of hydrogen-bond acceptors (Lipinski definition) is 8. The fourth-order valence-corrected chi connectivity index (χ4v) is 4.52. The molecule has 2 atom stereocenters. The predicted molar refractivity (Wildman–Crippen MR) is 127 cm³/mol. The normalized spacial score (nSPS) is 18.4. The summed E-state index contributed by atoms with van der Waals surface area (Å²) in [6.45, 7) is 2.50. The first-order chi connectivity index (χ1) is 16.7. The molecule has 0 spiro atoms. The summed E-state index contributed by atoms with van der Waals surface area (Å²) in [6.07, 6.45) is 3.79. The maximum absolute atomic E-state index is 6.60. The van der Waals surface area contributed by atoms with Gasteiger partial charge in [0.25, 0.3) is 0 Å². The van der Waals surface area contributed by atoms with E-state index >= 15 is 0 Å². The SMILES string of the molecule is CCOc1cccc2c1OC(c1cc(OC)c(OC)c(OC)c1)N1N=C(c3cccnc3)CC21. The van der Waals surface area contributed by atoms with Crippen molar-refractivity contribution in [3.63, 3.8) is 0 Å². The Labute approximate surface area is 198 Å². The molecule has 2 aromatic carbocycles. The van der Waals surface area contributed by atoms with Gasteiger partial charge in [-0.05, 0) is 31.2 Å². The number of nitrogens with zero attached hydrogens (tertiary/aromatic N) is 3. The van der Waals surface area contributed by atoms with Crippen LogP contribution < -0.4 is 23.7 Å². The lowest BCUT2D eigenvalue weighted by molar-refractivity contribution is -0.0214. The molecule has 3 aromatic rings. The van der Waals surface area contributed by atoms with Gasteiger partial charge in [0.05, 0.1) is 39.7 Å². The van der Waals surface area contributed by atoms with Crippen molar-refractivity contribution in [1.82, 2.24) is 9.99 Å². The van der Waals surface area contributed by atoms with E-state index in [-0.39, 0.29) is 6.04 Å². The molecular formula is C26H27N3O5.